The maximum Gasteiger partial charge on any atom is 0.338 e. The molecule has 0 fully saturated rings. The van der Waals surface area contributed by atoms with Gasteiger partial charge in [0.1, 0.15) is 28.5 Å². The number of allylic oxidation sites excluding steroid dienone is 1. The van der Waals surface area contributed by atoms with E-state index in [9.17, 15) is 15.3 Å². The van der Waals surface area contributed by atoms with E-state index in [1.54, 1.807) is 30.8 Å². The monoisotopic (exact) mass is 540 g/mol. The molecule has 7 nitrogen and oxygen atoms in total. The number of carbonyl (C=O) groups excluding carboxylic acids is 1. The molecule has 0 radical (unpaired) electrons. The second-order valence-electron chi connectivity index (χ2n) is 8.07. The normalized spacial score (nSPS) is 14.9. The predicted octanol–water partition coefficient (Wildman–Crippen LogP) is 5.76. The van der Waals surface area contributed by atoms with Gasteiger partial charge in [-0.05, 0) is 43.0 Å². The first kappa shape index (κ1) is 26.9. The van der Waals surface area contributed by atoms with E-state index < -0.39 is 11.9 Å². The van der Waals surface area contributed by atoms with Crippen molar-refractivity contribution < 1.29 is 14.3 Å². The van der Waals surface area contributed by atoms with Gasteiger partial charge in [0.25, 0.3) is 0 Å². The molecule has 1 aromatic heterocycles. The Morgan fingerprint density at radius 2 is 1.82 bits per heavy atom. The minimum atomic E-state index is -0.752. The Morgan fingerprint density at radius 1 is 1.08 bits per heavy atom. The standard InChI is InChI=1S/C29H24N4O3S2/c1-3-35-29(34)26-24(36-27(32)22(16-31)25(26)19-9-12-21(37-2)13-10-19)17-38-28-20(15-30)11-14-23(33-28)18-7-5-4-6-8-18/h4-14,25H,3,17,32H2,1-2H3. The quantitative estimate of drug-likeness (QED) is 0.281. The van der Waals surface area contributed by atoms with Crippen LogP contribution in [-0.2, 0) is 14.3 Å². The number of nitrogens with zero attached hydrogens (tertiary/aromatic N) is 3. The van der Waals surface area contributed by atoms with E-state index in [4.69, 9.17) is 20.2 Å². The third-order valence-electron chi connectivity index (χ3n) is 5.83. The molecule has 0 saturated carbocycles. The van der Waals surface area contributed by atoms with Crippen LogP contribution < -0.4 is 5.73 Å². The largest absolute Gasteiger partial charge is 0.463 e. The van der Waals surface area contributed by atoms with Gasteiger partial charge in [-0.15, -0.1) is 11.8 Å². The lowest BCUT2D eigenvalue weighted by atomic mass is 9.83. The van der Waals surface area contributed by atoms with Crippen molar-refractivity contribution in [2.45, 2.75) is 22.8 Å². The molecular weight excluding hydrogens is 516 g/mol. The topological polar surface area (TPSA) is 122 Å². The average molecular weight is 541 g/mol. The number of ether oxygens (including phenoxy) is 2. The van der Waals surface area contributed by atoms with Gasteiger partial charge in [-0.2, -0.15) is 10.5 Å². The van der Waals surface area contributed by atoms with Gasteiger partial charge in [-0.1, -0.05) is 54.2 Å². The molecule has 1 aliphatic heterocycles. The van der Waals surface area contributed by atoms with Crippen LogP contribution in [0.3, 0.4) is 0 Å². The first-order valence-electron chi connectivity index (χ1n) is 11.7. The molecule has 0 amide bonds. The van der Waals surface area contributed by atoms with Gasteiger partial charge in [-0.3, -0.25) is 0 Å². The van der Waals surface area contributed by atoms with Crippen molar-refractivity contribution in [1.82, 2.24) is 4.98 Å². The maximum absolute atomic E-state index is 13.2. The molecule has 0 aliphatic carbocycles. The van der Waals surface area contributed by atoms with Gasteiger partial charge >= 0.3 is 5.97 Å². The highest BCUT2D eigenvalue weighted by molar-refractivity contribution is 7.99. The van der Waals surface area contributed by atoms with Crippen LogP contribution in [0.25, 0.3) is 11.3 Å². The van der Waals surface area contributed by atoms with Gasteiger partial charge in [0, 0.05) is 10.5 Å². The van der Waals surface area contributed by atoms with Crippen molar-refractivity contribution in [2.24, 2.45) is 5.73 Å². The predicted molar refractivity (Wildman–Crippen MR) is 148 cm³/mol. The van der Waals surface area contributed by atoms with E-state index >= 15 is 0 Å². The summed E-state index contributed by atoms with van der Waals surface area (Å²) in [6, 6.07) is 25.0. The molecule has 9 heteroatoms. The summed E-state index contributed by atoms with van der Waals surface area (Å²) < 4.78 is 11.2. The van der Waals surface area contributed by atoms with Crippen LogP contribution in [0.15, 0.2) is 99.4 Å². The minimum Gasteiger partial charge on any atom is -0.463 e. The number of carbonyl (C=O) groups is 1. The van der Waals surface area contributed by atoms with Crippen molar-refractivity contribution in [2.75, 3.05) is 18.6 Å². The summed E-state index contributed by atoms with van der Waals surface area (Å²) in [5.74, 6) is -0.999. The van der Waals surface area contributed by atoms with Gasteiger partial charge in [0.2, 0.25) is 5.88 Å². The Labute approximate surface area is 230 Å². The van der Waals surface area contributed by atoms with Crippen LogP contribution in [0.1, 0.15) is 24.0 Å². The summed E-state index contributed by atoms with van der Waals surface area (Å²) in [6.07, 6.45) is 1.97. The summed E-state index contributed by atoms with van der Waals surface area (Å²) in [5.41, 5.74) is 9.29. The molecule has 2 N–H and O–H groups in total. The molecule has 3 aromatic rings. The summed E-state index contributed by atoms with van der Waals surface area (Å²) in [7, 11) is 0. The zero-order valence-electron chi connectivity index (χ0n) is 20.8. The van der Waals surface area contributed by atoms with Crippen LogP contribution >= 0.6 is 23.5 Å². The smallest absolute Gasteiger partial charge is 0.338 e. The molecule has 0 saturated heterocycles. The summed E-state index contributed by atoms with van der Waals surface area (Å²) in [4.78, 5) is 19.0. The first-order chi connectivity index (χ1) is 18.5. The molecule has 0 bridgehead atoms. The van der Waals surface area contributed by atoms with Crippen LogP contribution in [0.5, 0.6) is 0 Å². The zero-order chi connectivity index (χ0) is 27.1. The Bertz CT molecular complexity index is 1490. The average Bonchev–Trinajstić information content (AvgIpc) is 2.96. The molecule has 4 rings (SSSR count). The van der Waals surface area contributed by atoms with Crippen molar-refractivity contribution in [3.05, 3.63) is 101 Å². The third kappa shape index (κ3) is 5.70. The van der Waals surface area contributed by atoms with Crippen molar-refractivity contribution in [1.29, 1.82) is 10.5 Å². The van der Waals surface area contributed by atoms with Gasteiger partial charge in [-0.25, -0.2) is 9.78 Å². The highest BCUT2D eigenvalue weighted by Crippen LogP contribution is 2.41. The van der Waals surface area contributed by atoms with Crippen molar-refractivity contribution in [3.8, 4) is 23.4 Å². The SMILES string of the molecule is CCOC(=O)C1=C(CSc2nc(-c3ccccc3)ccc2C#N)OC(N)=C(C#N)C1c1ccc(SC)cc1. The van der Waals surface area contributed by atoms with E-state index in [1.807, 2.05) is 60.9 Å². The van der Waals surface area contributed by atoms with Gasteiger partial charge in [0.05, 0.1) is 35.1 Å². The number of aromatic nitrogens is 1. The van der Waals surface area contributed by atoms with Crippen molar-refractivity contribution in [3.63, 3.8) is 0 Å². The van der Waals surface area contributed by atoms with E-state index in [0.29, 0.717) is 16.3 Å². The highest BCUT2D eigenvalue weighted by atomic mass is 32.2. The Balaban J connectivity index is 1.76. The van der Waals surface area contributed by atoms with E-state index in [2.05, 4.69) is 12.1 Å². The fraction of sp³-hybridized carbons (Fsp3) is 0.172. The first-order valence-corrected chi connectivity index (χ1v) is 13.9. The van der Waals surface area contributed by atoms with Gasteiger partial charge in [0.15, 0.2) is 0 Å². The number of pyridine rings is 1. The number of rotatable bonds is 8. The summed E-state index contributed by atoms with van der Waals surface area (Å²) >= 11 is 2.84. The van der Waals surface area contributed by atoms with Crippen LogP contribution in [0.4, 0.5) is 0 Å². The maximum atomic E-state index is 13.2. The second kappa shape index (κ2) is 12.4. The molecule has 1 atom stereocenters. The zero-order valence-corrected chi connectivity index (χ0v) is 22.4. The Morgan fingerprint density at radius 3 is 2.45 bits per heavy atom. The van der Waals surface area contributed by atoms with E-state index in [0.717, 1.165) is 16.0 Å². The molecule has 0 spiro atoms. The Kier molecular flexibility index (Phi) is 8.75. The number of esters is 1. The lowest BCUT2D eigenvalue weighted by molar-refractivity contribution is -0.139. The molecule has 2 aromatic carbocycles. The second-order valence-corrected chi connectivity index (χ2v) is 9.91. The minimum absolute atomic E-state index is 0.0680. The lowest BCUT2D eigenvalue weighted by Crippen LogP contribution is -2.27. The fourth-order valence-electron chi connectivity index (χ4n) is 4.03. The number of nitrogens with two attached hydrogens (primary N) is 1. The molecule has 2 heterocycles. The molecule has 190 valence electrons. The highest BCUT2D eigenvalue weighted by Gasteiger charge is 2.37. The number of hydrogen-bond acceptors (Lipinski definition) is 9. The molecule has 1 aliphatic rings. The van der Waals surface area contributed by atoms with Crippen LogP contribution in [0.2, 0.25) is 0 Å². The van der Waals surface area contributed by atoms with Gasteiger partial charge < -0.3 is 15.2 Å². The third-order valence-corrected chi connectivity index (χ3v) is 7.57. The summed E-state index contributed by atoms with van der Waals surface area (Å²) in [6.45, 7) is 1.87. The number of thioether (sulfide) groups is 2. The summed E-state index contributed by atoms with van der Waals surface area (Å²) in [5, 5.41) is 20.1. The molecule has 1 unspecified atom stereocenters. The molecular formula is C29H24N4O3S2. The van der Waals surface area contributed by atoms with E-state index in [-0.39, 0.29) is 35.1 Å². The molecule has 38 heavy (non-hydrogen) atoms. The lowest BCUT2D eigenvalue weighted by Gasteiger charge is -2.28. The van der Waals surface area contributed by atoms with Crippen LogP contribution in [-0.4, -0.2) is 29.6 Å². The van der Waals surface area contributed by atoms with Crippen LogP contribution in [0, 0.1) is 22.7 Å². The number of benzene rings is 2. The number of hydrogen-bond donors (Lipinski definition) is 1. The Hall–Kier alpha value is -4.18. The fourth-order valence-corrected chi connectivity index (χ4v) is 5.35. The van der Waals surface area contributed by atoms with E-state index in [1.165, 1.54) is 11.8 Å². The van der Waals surface area contributed by atoms with Crippen molar-refractivity contribution >= 4 is 29.5 Å². The number of nitriles is 2.